The molecule has 0 fully saturated rings. The molecule has 0 aliphatic heterocycles. The molecule has 0 aliphatic rings. The lowest BCUT2D eigenvalue weighted by atomic mass is 9.96. The zero-order valence-electron chi connectivity index (χ0n) is 14.9. The fourth-order valence-electron chi connectivity index (χ4n) is 2.89. The van der Waals surface area contributed by atoms with E-state index in [1.807, 2.05) is 42.5 Å². The molecule has 1 unspecified atom stereocenters. The molecule has 0 saturated carbocycles. The molecule has 27 heavy (non-hydrogen) atoms. The first-order valence-corrected chi connectivity index (χ1v) is 10.4. The number of aliphatic hydroxyl groups excluding tert-OH is 1. The third kappa shape index (κ3) is 4.74. The van der Waals surface area contributed by atoms with Crippen LogP contribution in [0, 0.1) is 0 Å². The summed E-state index contributed by atoms with van der Waals surface area (Å²) in [5.41, 5.74) is -0.660. The quantitative estimate of drug-likeness (QED) is 0.588. The Morgan fingerprint density at radius 3 is 1.67 bits per heavy atom. The average Bonchev–Trinajstić information content (AvgIpc) is 2.74. The predicted molar refractivity (Wildman–Crippen MR) is 108 cm³/mol. The van der Waals surface area contributed by atoms with E-state index in [-0.39, 0.29) is 13.0 Å². The summed E-state index contributed by atoms with van der Waals surface area (Å²) >= 11 is 0. The van der Waals surface area contributed by atoms with Crippen LogP contribution in [-0.4, -0.2) is 29.0 Å². The van der Waals surface area contributed by atoms with E-state index >= 15 is 0 Å². The van der Waals surface area contributed by atoms with Crippen LogP contribution in [0.3, 0.4) is 0 Å². The second kappa shape index (κ2) is 8.64. The van der Waals surface area contributed by atoms with Crippen molar-refractivity contribution in [2.75, 3.05) is 13.2 Å². The minimum absolute atomic E-state index is 0.202. The smallest absolute Gasteiger partial charge is 0.261 e. The first kappa shape index (κ1) is 19.5. The molecule has 4 nitrogen and oxygen atoms in total. The Morgan fingerprint density at radius 2 is 1.22 bits per heavy atom. The van der Waals surface area contributed by atoms with Crippen LogP contribution < -0.4 is 10.6 Å². The van der Waals surface area contributed by atoms with Crippen molar-refractivity contribution in [3.63, 3.8) is 0 Å². The van der Waals surface area contributed by atoms with Crippen LogP contribution in [0.25, 0.3) is 0 Å². The molecule has 0 bridgehead atoms. The minimum Gasteiger partial charge on any atom is -0.393 e. The first-order chi connectivity index (χ1) is 13.1. The fourth-order valence-corrected chi connectivity index (χ4v) is 5.03. The molecule has 3 aromatic carbocycles. The molecule has 0 spiro atoms. The molecule has 0 amide bonds. The Balaban J connectivity index is 1.87. The lowest BCUT2D eigenvalue weighted by Gasteiger charge is -2.29. The predicted octanol–water partition coefficient (Wildman–Crippen LogP) is 2.90. The van der Waals surface area contributed by atoms with E-state index in [2.05, 4.69) is 0 Å². The van der Waals surface area contributed by atoms with Gasteiger partial charge in [-0.3, -0.25) is 4.57 Å². The molecule has 5 heteroatoms. The van der Waals surface area contributed by atoms with Gasteiger partial charge in [-0.05, 0) is 29.8 Å². The maximum absolute atomic E-state index is 13.8. The van der Waals surface area contributed by atoms with Crippen molar-refractivity contribution >= 4 is 18.0 Å². The van der Waals surface area contributed by atoms with E-state index in [9.17, 15) is 14.8 Å². The molecular formula is C22H23O4P. The van der Waals surface area contributed by atoms with Crippen molar-refractivity contribution < 1.29 is 19.3 Å². The standard InChI is InChI=1S/C22H23O4P/c23-17-22(24,16-19-10-4-1-5-11-19)18-26-27(25,20-12-6-2-7-13-20)21-14-8-3-9-15-21/h1-15,23-24H,16-18H2. The van der Waals surface area contributed by atoms with Crippen LogP contribution in [0.1, 0.15) is 5.56 Å². The Morgan fingerprint density at radius 1 is 0.778 bits per heavy atom. The second-order valence-corrected chi connectivity index (χ2v) is 8.93. The van der Waals surface area contributed by atoms with Crippen molar-refractivity contribution in [2.24, 2.45) is 0 Å². The molecule has 0 aromatic heterocycles. The summed E-state index contributed by atoms with van der Waals surface area (Å²) in [6.07, 6.45) is 0.202. The molecular weight excluding hydrogens is 359 g/mol. The third-order valence-electron chi connectivity index (χ3n) is 4.38. The van der Waals surface area contributed by atoms with E-state index in [1.165, 1.54) is 0 Å². The molecule has 3 rings (SSSR count). The largest absolute Gasteiger partial charge is 0.393 e. The van der Waals surface area contributed by atoms with Crippen LogP contribution in [0.15, 0.2) is 91.0 Å². The molecule has 0 heterocycles. The van der Waals surface area contributed by atoms with Crippen molar-refractivity contribution in [2.45, 2.75) is 12.0 Å². The van der Waals surface area contributed by atoms with Crippen LogP contribution in [0.5, 0.6) is 0 Å². The van der Waals surface area contributed by atoms with Gasteiger partial charge in [-0.2, -0.15) is 0 Å². The van der Waals surface area contributed by atoms with Crippen molar-refractivity contribution in [1.82, 2.24) is 0 Å². The average molecular weight is 382 g/mol. The lowest BCUT2D eigenvalue weighted by molar-refractivity contribution is -0.0453. The highest BCUT2D eigenvalue weighted by Crippen LogP contribution is 2.45. The summed E-state index contributed by atoms with van der Waals surface area (Å²) in [5.74, 6) is 0. The zero-order valence-corrected chi connectivity index (χ0v) is 15.8. The zero-order chi connectivity index (χ0) is 19.2. The molecule has 2 N–H and O–H groups in total. The van der Waals surface area contributed by atoms with Gasteiger partial charge in [-0.1, -0.05) is 66.7 Å². The Bertz CT molecular complexity index is 840. The monoisotopic (exact) mass is 382 g/mol. The summed E-state index contributed by atoms with van der Waals surface area (Å²) in [6, 6.07) is 27.3. The maximum atomic E-state index is 13.8. The molecule has 0 saturated heterocycles. The van der Waals surface area contributed by atoms with E-state index in [1.54, 1.807) is 48.5 Å². The normalized spacial score (nSPS) is 13.9. The summed E-state index contributed by atoms with van der Waals surface area (Å²) < 4.78 is 19.7. The highest BCUT2D eigenvalue weighted by Gasteiger charge is 2.34. The van der Waals surface area contributed by atoms with Crippen molar-refractivity contribution in [3.8, 4) is 0 Å². The van der Waals surface area contributed by atoms with Gasteiger partial charge >= 0.3 is 0 Å². The van der Waals surface area contributed by atoms with Crippen LogP contribution in [-0.2, 0) is 15.5 Å². The Kier molecular flexibility index (Phi) is 6.25. The van der Waals surface area contributed by atoms with Gasteiger partial charge in [0.05, 0.1) is 13.2 Å². The summed E-state index contributed by atoms with van der Waals surface area (Å²) in [4.78, 5) is 0. The first-order valence-electron chi connectivity index (χ1n) is 8.79. The number of aliphatic hydroxyl groups is 2. The van der Waals surface area contributed by atoms with Crippen LogP contribution >= 0.6 is 7.37 Å². The number of hydrogen-bond donors (Lipinski definition) is 2. The van der Waals surface area contributed by atoms with E-state index in [0.29, 0.717) is 10.6 Å². The van der Waals surface area contributed by atoms with Gasteiger partial charge in [-0.15, -0.1) is 0 Å². The Hall–Kier alpha value is -2.23. The molecule has 140 valence electrons. The topological polar surface area (TPSA) is 66.8 Å². The number of rotatable bonds is 8. The third-order valence-corrected chi connectivity index (χ3v) is 6.83. The molecule has 3 aromatic rings. The van der Waals surface area contributed by atoms with Crippen molar-refractivity contribution in [3.05, 3.63) is 96.6 Å². The van der Waals surface area contributed by atoms with E-state index in [0.717, 1.165) is 5.56 Å². The van der Waals surface area contributed by atoms with Gasteiger partial charge in [0.1, 0.15) is 5.60 Å². The number of hydrogen-bond acceptors (Lipinski definition) is 4. The minimum atomic E-state index is -3.41. The second-order valence-electron chi connectivity index (χ2n) is 6.54. The fraction of sp³-hybridized carbons (Fsp3) is 0.182. The summed E-state index contributed by atoms with van der Waals surface area (Å²) in [6.45, 7) is -0.745. The van der Waals surface area contributed by atoms with Crippen LogP contribution in [0.4, 0.5) is 0 Å². The Labute approximate surface area is 159 Å². The highest BCUT2D eigenvalue weighted by atomic mass is 31.2. The van der Waals surface area contributed by atoms with Gasteiger partial charge in [0.15, 0.2) is 0 Å². The maximum Gasteiger partial charge on any atom is 0.261 e. The summed E-state index contributed by atoms with van der Waals surface area (Å²) in [5, 5.41) is 21.7. The molecule has 0 aliphatic carbocycles. The summed E-state index contributed by atoms with van der Waals surface area (Å²) in [7, 11) is -3.41. The van der Waals surface area contributed by atoms with Gasteiger partial charge < -0.3 is 14.7 Å². The van der Waals surface area contributed by atoms with Gasteiger partial charge in [-0.25, -0.2) is 0 Å². The molecule has 1 atom stereocenters. The molecule has 0 radical (unpaired) electrons. The van der Waals surface area contributed by atoms with E-state index in [4.69, 9.17) is 4.52 Å². The van der Waals surface area contributed by atoms with Gasteiger partial charge in [0.25, 0.3) is 7.37 Å². The van der Waals surface area contributed by atoms with Crippen molar-refractivity contribution in [1.29, 1.82) is 0 Å². The number of benzene rings is 3. The van der Waals surface area contributed by atoms with Gasteiger partial charge in [0.2, 0.25) is 0 Å². The SMILES string of the molecule is O=P(OCC(O)(CO)Cc1ccccc1)(c1ccccc1)c1ccccc1. The highest BCUT2D eigenvalue weighted by molar-refractivity contribution is 7.74. The van der Waals surface area contributed by atoms with E-state index < -0.39 is 19.6 Å². The van der Waals surface area contributed by atoms with Gasteiger partial charge in [0, 0.05) is 17.0 Å². The van der Waals surface area contributed by atoms with Crippen LogP contribution in [0.2, 0.25) is 0 Å². The lowest BCUT2D eigenvalue weighted by Crippen LogP contribution is -2.41.